The van der Waals surface area contributed by atoms with Crippen molar-refractivity contribution in [2.24, 2.45) is 0 Å². The summed E-state index contributed by atoms with van der Waals surface area (Å²) >= 11 is 0. The van der Waals surface area contributed by atoms with E-state index in [0.29, 0.717) is 23.2 Å². The van der Waals surface area contributed by atoms with Crippen molar-refractivity contribution in [2.45, 2.75) is 18.9 Å². The Kier molecular flexibility index (Phi) is 5.86. The molecule has 2 aromatic rings. The minimum Gasteiger partial charge on any atom is -0.345 e. The molecule has 1 aliphatic rings. The third-order valence-electron chi connectivity index (χ3n) is 5.10. The van der Waals surface area contributed by atoms with Crippen LogP contribution in [0.3, 0.4) is 0 Å². The molecule has 2 N–H and O–H groups in total. The molecule has 156 valence electrons. The number of imide groups is 1. The highest BCUT2D eigenvalue weighted by molar-refractivity contribution is 6.10. The number of hydrogen-bond acceptors (Lipinski definition) is 4. The van der Waals surface area contributed by atoms with Crippen LogP contribution < -0.4 is 10.6 Å². The largest absolute Gasteiger partial charge is 0.345 e. The van der Waals surface area contributed by atoms with Gasteiger partial charge in [0, 0.05) is 25.3 Å². The SMILES string of the molecule is CCC1(c2ccccc2)NC(=O)N(CC(=O)Nc2ccc(C(=O)N(C)C)cc2)C1=O. The van der Waals surface area contributed by atoms with Crippen LogP contribution in [0, 0.1) is 0 Å². The molecule has 1 aliphatic heterocycles. The number of nitrogens with one attached hydrogen (secondary N) is 2. The molecule has 0 bridgehead atoms. The quantitative estimate of drug-likeness (QED) is 0.716. The molecular formula is C22H24N4O4. The molecule has 1 unspecified atom stereocenters. The lowest BCUT2D eigenvalue weighted by Gasteiger charge is -2.25. The molecule has 0 radical (unpaired) electrons. The van der Waals surface area contributed by atoms with Crippen molar-refractivity contribution in [1.82, 2.24) is 15.1 Å². The molecule has 2 aromatic carbocycles. The molecule has 3 rings (SSSR count). The van der Waals surface area contributed by atoms with Gasteiger partial charge >= 0.3 is 6.03 Å². The van der Waals surface area contributed by atoms with E-state index in [9.17, 15) is 19.2 Å². The number of benzene rings is 2. The smallest absolute Gasteiger partial charge is 0.325 e. The first kappa shape index (κ1) is 21.0. The average molecular weight is 408 g/mol. The third-order valence-corrected chi connectivity index (χ3v) is 5.10. The number of anilines is 1. The first-order valence-electron chi connectivity index (χ1n) is 9.59. The fourth-order valence-corrected chi connectivity index (χ4v) is 3.43. The molecule has 0 aliphatic carbocycles. The highest BCUT2D eigenvalue weighted by Crippen LogP contribution is 2.32. The van der Waals surface area contributed by atoms with Crippen LogP contribution >= 0.6 is 0 Å². The molecule has 0 spiro atoms. The normalized spacial score (nSPS) is 18.2. The van der Waals surface area contributed by atoms with Gasteiger partial charge in [0.05, 0.1) is 0 Å². The van der Waals surface area contributed by atoms with Crippen molar-refractivity contribution in [1.29, 1.82) is 0 Å². The minimum absolute atomic E-state index is 0.149. The van der Waals surface area contributed by atoms with Crippen LogP contribution in [-0.4, -0.2) is 54.2 Å². The zero-order valence-corrected chi connectivity index (χ0v) is 17.1. The Labute approximate surface area is 174 Å². The minimum atomic E-state index is -1.17. The molecule has 1 saturated heterocycles. The maximum atomic E-state index is 13.1. The predicted molar refractivity (Wildman–Crippen MR) is 112 cm³/mol. The summed E-state index contributed by atoms with van der Waals surface area (Å²) < 4.78 is 0. The van der Waals surface area contributed by atoms with Gasteiger partial charge in [0.25, 0.3) is 11.8 Å². The summed E-state index contributed by atoms with van der Waals surface area (Å²) in [5, 5.41) is 5.40. The Balaban J connectivity index is 1.70. The summed E-state index contributed by atoms with van der Waals surface area (Å²) in [6.45, 7) is 1.41. The number of urea groups is 1. The van der Waals surface area contributed by atoms with Gasteiger partial charge in [0.1, 0.15) is 12.1 Å². The number of carbonyl (C=O) groups excluding carboxylic acids is 4. The first-order chi connectivity index (χ1) is 14.3. The Morgan fingerprint density at radius 1 is 1.03 bits per heavy atom. The Bertz CT molecular complexity index is 972. The lowest BCUT2D eigenvalue weighted by molar-refractivity contribution is -0.134. The van der Waals surface area contributed by atoms with Gasteiger partial charge in [-0.2, -0.15) is 0 Å². The van der Waals surface area contributed by atoms with E-state index in [4.69, 9.17) is 0 Å². The van der Waals surface area contributed by atoms with Crippen LogP contribution in [0.1, 0.15) is 29.3 Å². The van der Waals surface area contributed by atoms with Gasteiger partial charge in [0.2, 0.25) is 5.91 Å². The number of hydrogen-bond donors (Lipinski definition) is 2. The first-order valence-corrected chi connectivity index (χ1v) is 9.59. The van der Waals surface area contributed by atoms with Crippen molar-refractivity contribution in [2.75, 3.05) is 26.0 Å². The fraction of sp³-hybridized carbons (Fsp3) is 0.273. The van der Waals surface area contributed by atoms with Crippen molar-refractivity contribution in [3.8, 4) is 0 Å². The predicted octanol–water partition coefficient (Wildman–Crippen LogP) is 2.18. The topological polar surface area (TPSA) is 98.8 Å². The Morgan fingerprint density at radius 2 is 1.67 bits per heavy atom. The standard InChI is InChI=1S/C22H24N4O4/c1-4-22(16-8-6-5-7-9-16)20(29)26(21(30)24-22)14-18(27)23-17-12-10-15(11-13-17)19(28)25(2)3/h5-13H,4,14H2,1-3H3,(H,23,27)(H,24,30). The van der Waals surface area contributed by atoms with Crippen LogP contribution in [0.4, 0.5) is 10.5 Å². The van der Waals surface area contributed by atoms with Crippen LogP contribution in [0.2, 0.25) is 0 Å². The van der Waals surface area contributed by atoms with E-state index in [0.717, 1.165) is 4.90 Å². The highest BCUT2D eigenvalue weighted by Gasteiger charge is 2.51. The summed E-state index contributed by atoms with van der Waals surface area (Å²) in [4.78, 5) is 52.3. The van der Waals surface area contributed by atoms with Crippen LogP contribution in [0.5, 0.6) is 0 Å². The van der Waals surface area contributed by atoms with Crippen molar-refractivity contribution >= 4 is 29.4 Å². The van der Waals surface area contributed by atoms with Crippen LogP contribution in [0.25, 0.3) is 0 Å². The van der Waals surface area contributed by atoms with E-state index in [1.165, 1.54) is 4.90 Å². The van der Waals surface area contributed by atoms with Gasteiger partial charge in [-0.1, -0.05) is 37.3 Å². The van der Waals surface area contributed by atoms with E-state index in [-0.39, 0.29) is 5.91 Å². The van der Waals surface area contributed by atoms with Crippen LogP contribution in [0.15, 0.2) is 54.6 Å². The van der Waals surface area contributed by atoms with E-state index in [1.54, 1.807) is 62.6 Å². The lowest BCUT2D eigenvalue weighted by atomic mass is 9.87. The monoisotopic (exact) mass is 408 g/mol. The Hall–Kier alpha value is -3.68. The summed E-state index contributed by atoms with van der Waals surface area (Å²) in [6, 6.07) is 14.8. The highest BCUT2D eigenvalue weighted by atomic mass is 16.2. The van der Waals surface area contributed by atoms with E-state index >= 15 is 0 Å². The molecule has 30 heavy (non-hydrogen) atoms. The second-order valence-corrected chi connectivity index (χ2v) is 7.27. The molecule has 8 heteroatoms. The van der Waals surface area contributed by atoms with Gasteiger partial charge in [-0.3, -0.25) is 19.3 Å². The van der Waals surface area contributed by atoms with Crippen molar-refractivity contribution in [3.05, 3.63) is 65.7 Å². The van der Waals surface area contributed by atoms with E-state index < -0.39 is 29.9 Å². The molecule has 0 aromatic heterocycles. The van der Waals surface area contributed by atoms with E-state index in [1.807, 2.05) is 13.0 Å². The fourth-order valence-electron chi connectivity index (χ4n) is 3.43. The van der Waals surface area contributed by atoms with Gasteiger partial charge in [0.15, 0.2) is 0 Å². The molecular weight excluding hydrogens is 384 g/mol. The molecule has 1 fully saturated rings. The van der Waals surface area contributed by atoms with Crippen LogP contribution in [-0.2, 0) is 15.1 Å². The maximum absolute atomic E-state index is 13.1. The molecule has 1 atom stereocenters. The maximum Gasteiger partial charge on any atom is 0.325 e. The number of amides is 5. The van der Waals surface area contributed by atoms with Gasteiger partial charge in [-0.25, -0.2) is 4.79 Å². The summed E-state index contributed by atoms with van der Waals surface area (Å²) in [7, 11) is 3.31. The molecule has 5 amide bonds. The number of nitrogens with zero attached hydrogens (tertiary/aromatic N) is 2. The summed E-state index contributed by atoms with van der Waals surface area (Å²) in [5.74, 6) is -1.11. The lowest BCUT2D eigenvalue weighted by Crippen LogP contribution is -2.44. The molecule has 0 saturated carbocycles. The second-order valence-electron chi connectivity index (χ2n) is 7.27. The Morgan fingerprint density at radius 3 is 2.23 bits per heavy atom. The van der Waals surface area contributed by atoms with E-state index in [2.05, 4.69) is 10.6 Å². The number of carbonyl (C=O) groups is 4. The molecule has 8 nitrogen and oxygen atoms in total. The summed E-state index contributed by atoms with van der Waals surface area (Å²) in [5.41, 5.74) is 0.456. The second kappa shape index (κ2) is 8.36. The average Bonchev–Trinajstić information content (AvgIpc) is 2.99. The zero-order chi connectivity index (χ0) is 21.9. The number of rotatable bonds is 6. The van der Waals surface area contributed by atoms with Gasteiger partial charge < -0.3 is 15.5 Å². The van der Waals surface area contributed by atoms with Crippen molar-refractivity contribution in [3.63, 3.8) is 0 Å². The van der Waals surface area contributed by atoms with Gasteiger partial charge in [-0.05, 0) is 36.2 Å². The third kappa shape index (κ3) is 3.89. The van der Waals surface area contributed by atoms with Gasteiger partial charge in [-0.15, -0.1) is 0 Å². The molecule has 1 heterocycles. The summed E-state index contributed by atoms with van der Waals surface area (Å²) in [6.07, 6.45) is 0.362. The van der Waals surface area contributed by atoms with Crippen molar-refractivity contribution < 1.29 is 19.2 Å². The zero-order valence-electron chi connectivity index (χ0n) is 17.1.